The first kappa shape index (κ1) is 23.0. The molecular weight excluding hydrogens is 358 g/mol. The zero-order valence-electron chi connectivity index (χ0n) is 17.7. The van der Waals surface area contributed by atoms with Crippen LogP contribution in [0.25, 0.3) is 6.08 Å². The van der Waals surface area contributed by atoms with Gasteiger partial charge < -0.3 is 9.22 Å². The van der Waals surface area contributed by atoms with Gasteiger partial charge in [0, 0.05) is 11.8 Å². The molecule has 0 amide bonds. The van der Waals surface area contributed by atoms with Gasteiger partial charge in [0.15, 0.2) is 8.32 Å². The van der Waals surface area contributed by atoms with Crippen LogP contribution in [0.4, 0.5) is 0 Å². The molecule has 0 aliphatic heterocycles. The fourth-order valence-electron chi connectivity index (χ4n) is 2.33. The van der Waals surface area contributed by atoms with Crippen LogP contribution in [0.5, 0.6) is 0 Å². The zero-order chi connectivity index (χ0) is 20.0. The van der Waals surface area contributed by atoms with Crippen LogP contribution in [-0.4, -0.2) is 25.7 Å². The van der Waals surface area contributed by atoms with Crippen LogP contribution in [0.15, 0.2) is 22.6 Å². The van der Waals surface area contributed by atoms with E-state index >= 15 is 0 Å². The summed E-state index contributed by atoms with van der Waals surface area (Å²) in [6.45, 7) is 17.7. The summed E-state index contributed by atoms with van der Waals surface area (Å²) in [4.78, 5) is 15.2. The minimum Gasteiger partial charge on any atom is -0.410 e. The smallest absolute Gasteiger partial charge is 0.192 e. The largest absolute Gasteiger partial charge is 0.410 e. The Morgan fingerprint density at radius 1 is 1.35 bits per heavy atom. The summed E-state index contributed by atoms with van der Waals surface area (Å²) in [5.41, 5.74) is 3.47. The van der Waals surface area contributed by atoms with Crippen LogP contribution in [0.1, 0.15) is 64.6 Å². The second-order valence-electron chi connectivity index (χ2n) is 8.54. The molecule has 0 aliphatic rings. The van der Waals surface area contributed by atoms with E-state index in [-0.39, 0.29) is 11.1 Å². The maximum absolute atomic E-state index is 10.6. The lowest BCUT2D eigenvalue weighted by Crippen LogP contribution is -2.44. The first-order valence-corrected chi connectivity index (χ1v) is 13.1. The van der Waals surface area contributed by atoms with Gasteiger partial charge in [-0.1, -0.05) is 32.4 Å². The third kappa shape index (κ3) is 7.29. The van der Waals surface area contributed by atoms with Crippen molar-refractivity contribution in [3.8, 4) is 0 Å². The molecule has 0 aromatic carbocycles. The Labute approximate surface area is 164 Å². The lowest BCUT2D eigenvalue weighted by molar-refractivity contribution is -0.107. The molecular formula is C21H35NO2SSi. The van der Waals surface area contributed by atoms with Crippen molar-refractivity contribution in [3.63, 3.8) is 0 Å². The van der Waals surface area contributed by atoms with Gasteiger partial charge in [-0.2, -0.15) is 0 Å². The van der Waals surface area contributed by atoms with Gasteiger partial charge in [0.1, 0.15) is 6.29 Å². The van der Waals surface area contributed by atoms with Crippen LogP contribution in [0.2, 0.25) is 18.1 Å². The van der Waals surface area contributed by atoms with Crippen LogP contribution in [0, 0.1) is 6.92 Å². The maximum Gasteiger partial charge on any atom is 0.192 e. The molecule has 5 heteroatoms. The molecule has 0 saturated heterocycles. The van der Waals surface area contributed by atoms with E-state index in [9.17, 15) is 4.79 Å². The number of carbonyl (C=O) groups excluding carboxylic acids is 1. The number of allylic oxidation sites excluding steroid dienone is 1. The minimum atomic E-state index is -1.88. The molecule has 1 aromatic rings. The standard InChI is InChI=1S/C21H35NO2SSi/c1-16(10-9-13-23)11-12-20(24-26(7,8)21(4,5)6)17(2)14-19-15-25-18(3)22-19/h11,13-15,20H,9-10,12H2,1-8H3/b16-11-,17-14+/t20-/m0/s1. The first-order valence-electron chi connectivity index (χ1n) is 9.33. The molecule has 0 radical (unpaired) electrons. The van der Waals surface area contributed by atoms with Crippen LogP contribution >= 0.6 is 11.3 Å². The van der Waals surface area contributed by atoms with Crippen molar-refractivity contribution >= 4 is 32.0 Å². The average molecular weight is 394 g/mol. The van der Waals surface area contributed by atoms with Crippen molar-refractivity contribution in [2.75, 3.05) is 0 Å². The molecule has 0 unspecified atom stereocenters. The average Bonchev–Trinajstić information content (AvgIpc) is 2.92. The van der Waals surface area contributed by atoms with E-state index < -0.39 is 8.32 Å². The third-order valence-corrected chi connectivity index (χ3v) is 10.4. The van der Waals surface area contributed by atoms with Gasteiger partial charge in [-0.05, 0) is 63.4 Å². The monoisotopic (exact) mass is 393 g/mol. The predicted molar refractivity (Wildman–Crippen MR) is 116 cm³/mol. The molecule has 0 bridgehead atoms. The van der Waals surface area contributed by atoms with Crippen LogP contribution in [-0.2, 0) is 9.22 Å². The molecule has 3 nitrogen and oxygen atoms in total. The fourth-order valence-corrected chi connectivity index (χ4v) is 4.25. The number of hydrogen-bond acceptors (Lipinski definition) is 4. The number of carbonyl (C=O) groups is 1. The number of aryl methyl sites for hydroxylation is 1. The fraction of sp³-hybridized carbons (Fsp3) is 0.619. The maximum atomic E-state index is 10.6. The van der Waals surface area contributed by atoms with Gasteiger partial charge in [0.25, 0.3) is 0 Å². The molecule has 0 fully saturated rings. The predicted octanol–water partition coefficient (Wildman–Crippen LogP) is 6.56. The highest BCUT2D eigenvalue weighted by Gasteiger charge is 2.39. The molecule has 0 spiro atoms. The van der Waals surface area contributed by atoms with Gasteiger partial charge in [0.05, 0.1) is 16.8 Å². The number of aldehydes is 1. The Morgan fingerprint density at radius 3 is 2.50 bits per heavy atom. The third-order valence-electron chi connectivity index (χ3n) is 5.10. The first-order chi connectivity index (χ1) is 12.0. The van der Waals surface area contributed by atoms with Crippen LogP contribution < -0.4 is 0 Å². The summed E-state index contributed by atoms with van der Waals surface area (Å²) in [6, 6.07) is 0. The van der Waals surface area contributed by atoms with Gasteiger partial charge in [-0.15, -0.1) is 11.3 Å². The molecule has 0 aliphatic carbocycles. The normalized spacial score (nSPS) is 15.2. The summed E-state index contributed by atoms with van der Waals surface area (Å²) >= 11 is 1.67. The highest BCUT2D eigenvalue weighted by molar-refractivity contribution is 7.09. The Balaban J connectivity index is 3.04. The molecule has 146 valence electrons. The summed E-state index contributed by atoms with van der Waals surface area (Å²) in [5, 5.41) is 3.34. The van der Waals surface area contributed by atoms with Crippen molar-refractivity contribution < 1.29 is 9.22 Å². The second-order valence-corrected chi connectivity index (χ2v) is 14.4. The molecule has 1 heterocycles. The number of thiazole rings is 1. The Hall–Kier alpha value is -1.04. The highest BCUT2D eigenvalue weighted by atomic mass is 32.1. The summed E-state index contributed by atoms with van der Waals surface area (Å²) in [6.07, 6.45) is 7.65. The minimum absolute atomic E-state index is 0.0454. The summed E-state index contributed by atoms with van der Waals surface area (Å²) in [5.74, 6) is 0. The molecule has 1 aromatic heterocycles. The number of rotatable bonds is 9. The SMILES string of the molecule is C/C(=C/C[C@H](O[Si](C)(C)C(C)(C)C)/C(C)=C/c1csc(C)n1)CCC=O. The Morgan fingerprint density at radius 2 is 2.00 bits per heavy atom. The van der Waals surface area contributed by atoms with Gasteiger partial charge in [0.2, 0.25) is 0 Å². The van der Waals surface area contributed by atoms with E-state index in [1.165, 1.54) is 11.1 Å². The van der Waals surface area contributed by atoms with Crippen molar-refractivity contribution in [3.05, 3.63) is 33.3 Å². The van der Waals surface area contributed by atoms with Crippen molar-refractivity contribution in [1.82, 2.24) is 4.98 Å². The molecule has 0 N–H and O–H groups in total. The van der Waals surface area contributed by atoms with Crippen molar-refractivity contribution in [2.24, 2.45) is 0 Å². The molecule has 1 atom stereocenters. The number of nitrogens with zero attached hydrogens (tertiary/aromatic N) is 1. The summed E-state index contributed by atoms with van der Waals surface area (Å²) in [7, 11) is -1.88. The molecule has 26 heavy (non-hydrogen) atoms. The topological polar surface area (TPSA) is 39.2 Å². The van der Waals surface area contributed by atoms with Gasteiger partial charge >= 0.3 is 0 Å². The number of aromatic nitrogens is 1. The Bertz CT molecular complexity index is 653. The van der Waals surface area contributed by atoms with Gasteiger partial charge in [-0.3, -0.25) is 0 Å². The quantitative estimate of drug-likeness (QED) is 0.271. The molecule has 0 saturated carbocycles. The van der Waals surface area contributed by atoms with Crippen molar-refractivity contribution in [1.29, 1.82) is 0 Å². The highest BCUT2D eigenvalue weighted by Crippen LogP contribution is 2.38. The van der Waals surface area contributed by atoms with E-state index in [1.807, 2.05) is 6.92 Å². The number of hydrogen-bond donors (Lipinski definition) is 0. The van der Waals surface area contributed by atoms with E-state index in [0.717, 1.165) is 29.8 Å². The zero-order valence-corrected chi connectivity index (χ0v) is 19.5. The summed E-state index contributed by atoms with van der Waals surface area (Å²) < 4.78 is 6.73. The van der Waals surface area contributed by atoms with Gasteiger partial charge in [-0.25, -0.2) is 4.98 Å². The van der Waals surface area contributed by atoms with E-state index in [4.69, 9.17) is 4.43 Å². The molecule has 1 rings (SSSR count). The van der Waals surface area contributed by atoms with E-state index in [0.29, 0.717) is 6.42 Å². The van der Waals surface area contributed by atoms with E-state index in [2.05, 4.69) is 70.2 Å². The van der Waals surface area contributed by atoms with Crippen molar-refractivity contribution in [2.45, 2.75) is 85.0 Å². The van der Waals surface area contributed by atoms with Crippen LogP contribution in [0.3, 0.4) is 0 Å². The Kier molecular flexibility index (Phi) is 8.64. The lowest BCUT2D eigenvalue weighted by Gasteiger charge is -2.39. The van der Waals surface area contributed by atoms with E-state index in [1.54, 1.807) is 11.3 Å². The lowest BCUT2D eigenvalue weighted by atomic mass is 10.0. The second kappa shape index (κ2) is 9.77.